The van der Waals surface area contributed by atoms with Gasteiger partial charge in [0.25, 0.3) is 5.91 Å². The van der Waals surface area contributed by atoms with Crippen molar-refractivity contribution in [1.82, 2.24) is 5.32 Å². The molecular formula is C27H33NO3. The highest BCUT2D eigenvalue weighted by Gasteiger charge is 2.42. The molecule has 1 aliphatic heterocycles. The molecule has 1 spiro atoms. The fourth-order valence-corrected chi connectivity index (χ4v) is 5.58. The van der Waals surface area contributed by atoms with Crippen LogP contribution < -0.4 is 14.8 Å². The molecule has 3 aliphatic rings. The molecular weight excluding hydrogens is 386 g/mol. The summed E-state index contributed by atoms with van der Waals surface area (Å²) in [5, 5.41) is 3.29. The maximum Gasteiger partial charge on any atom is 0.261 e. The predicted octanol–water partition coefficient (Wildman–Crippen LogP) is 5.68. The van der Waals surface area contributed by atoms with Crippen LogP contribution in [0.3, 0.4) is 0 Å². The van der Waals surface area contributed by atoms with E-state index in [0.29, 0.717) is 0 Å². The zero-order chi connectivity index (χ0) is 21.3. The minimum atomic E-state index is -0.543. The van der Waals surface area contributed by atoms with Gasteiger partial charge in [0.05, 0.1) is 6.04 Å². The Balaban J connectivity index is 1.29. The second-order valence-electron chi connectivity index (χ2n) is 9.55. The van der Waals surface area contributed by atoms with Crippen LogP contribution in [-0.2, 0) is 17.6 Å². The van der Waals surface area contributed by atoms with Crippen molar-refractivity contribution < 1.29 is 14.3 Å². The SMILES string of the molecule is CC(Oc1ccc2c(c1)CCCC2)C(=O)NC1CC2(CCCCC2)Oc2ccccc21. The number of amides is 1. The summed E-state index contributed by atoms with van der Waals surface area (Å²) in [5.74, 6) is 1.65. The molecule has 31 heavy (non-hydrogen) atoms. The van der Waals surface area contributed by atoms with E-state index in [2.05, 4.69) is 23.5 Å². The van der Waals surface area contributed by atoms with E-state index in [4.69, 9.17) is 9.47 Å². The number of carbonyl (C=O) groups is 1. The molecule has 2 aromatic rings. The first-order chi connectivity index (χ1) is 15.1. The fourth-order valence-electron chi connectivity index (χ4n) is 5.58. The number of ether oxygens (including phenoxy) is 2. The van der Waals surface area contributed by atoms with Gasteiger partial charge in [-0.1, -0.05) is 30.7 Å². The number of hydrogen-bond acceptors (Lipinski definition) is 3. The Morgan fingerprint density at radius 2 is 1.81 bits per heavy atom. The summed E-state index contributed by atoms with van der Waals surface area (Å²) in [5.41, 5.74) is 3.72. The van der Waals surface area contributed by atoms with Gasteiger partial charge in [0, 0.05) is 12.0 Å². The second kappa shape index (κ2) is 8.57. The molecule has 5 rings (SSSR count). The van der Waals surface area contributed by atoms with Gasteiger partial charge in [-0.05, 0) is 87.6 Å². The zero-order valence-corrected chi connectivity index (χ0v) is 18.5. The van der Waals surface area contributed by atoms with Crippen molar-refractivity contribution in [2.24, 2.45) is 0 Å². The number of benzene rings is 2. The Kier molecular flexibility index (Phi) is 5.64. The van der Waals surface area contributed by atoms with E-state index in [1.807, 2.05) is 31.2 Å². The Morgan fingerprint density at radius 3 is 2.65 bits per heavy atom. The Bertz CT molecular complexity index is 947. The number of fused-ring (bicyclic) bond motifs is 2. The Labute approximate surface area is 185 Å². The fraction of sp³-hybridized carbons (Fsp3) is 0.519. The van der Waals surface area contributed by atoms with Crippen molar-refractivity contribution in [2.45, 2.75) is 88.9 Å². The van der Waals surface area contributed by atoms with Crippen LogP contribution in [0.15, 0.2) is 42.5 Å². The highest BCUT2D eigenvalue weighted by molar-refractivity contribution is 5.81. The first kappa shape index (κ1) is 20.4. The van der Waals surface area contributed by atoms with Gasteiger partial charge in [0.2, 0.25) is 0 Å². The van der Waals surface area contributed by atoms with E-state index in [-0.39, 0.29) is 17.6 Å². The molecule has 1 amide bonds. The standard InChI is InChI=1S/C27H33NO3/c1-19(30-22-14-13-20-9-3-4-10-21(20)17-22)26(29)28-24-18-27(15-7-2-8-16-27)31-25-12-6-5-11-23(24)25/h5-6,11-14,17,19,24H,2-4,7-10,15-16,18H2,1H3,(H,28,29). The van der Waals surface area contributed by atoms with Crippen LogP contribution in [0, 0.1) is 0 Å². The minimum Gasteiger partial charge on any atom is -0.487 e. The van der Waals surface area contributed by atoms with Crippen molar-refractivity contribution in [3.63, 3.8) is 0 Å². The number of hydrogen-bond donors (Lipinski definition) is 1. The molecule has 4 heteroatoms. The Morgan fingerprint density at radius 1 is 1.03 bits per heavy atom. The van der Waals surface area contributed by atoms with E-state index in [1.165, 1.54) is 43.2 Å². The van der Waals surface area contributed by atoms with Crippen LogP contribution in [0.25, 0.3) is 0 Å². The van der Waals surface area contributed by atoms with Gasteiger partial charge >= 0.3 is 0 Å². The van der Waals surface area contributed by atoms with E-state index in [1.54, 1.807) is 0 Å². The molecule has 164 valence electrons. The van der Waals surface area contributed by atoms with E-state index >= 15 is 0 Å². The van der Waals surface area contributed by atoms with Crippen LogP contribution in [0.5, 0.6) is 11.5 Å². The highest BCUT2D eigenvalue weighted by Crippen LogP contribution is 2.46. The molecule has 2 atom stereocenters. The summed E-state index contributed by atoms with van der Waals surface area (Å²) < 4.78 is 12.6. The lowest BCUT2D eigenvalue weighted by Gasteiger charge is -2.44. The number of rotatable bonds is 4. The molecule has 0 saturated heterocycles. The molecule has 0 aromatic heterocycles. The van der Waals surface area contributed by atoms with Gasteiger partial charge in [-0.15, -0.1) is 0 Å². The zero-order valence-electron chi connectivity index (χ0n) is 18.5. The number of nitrogens with one attached hydrogen (secondary N) is 1. The van der Waals surface area contributed by atoms with Crippen LogP contribution in [0.1, 0.15) is 81.0 Å². The third-order valence-corrected chi connectivity index (χ3v) is 7.28. The molecule has 1 heterocycles. The number of para-hydroxylation sites is 1. The van der Waals surface area contributed by atoms with Crippen molar-refractivity contribution in [1.29, 1.82) is 0 Å². The molecule has 0 radical (unpaired) electrons. The molecule has 2 aromatic carbocycles. The summed E-state index contributed by atoms with van der Waals surface area (Å²) >= 11 is 0. The molecule has 1 N–H and O–H groups in total. The third kappa shape index (κ3) is 4.30. The molecule has 2 aliphatic carbocycles. The highest BCUT2D eigenvalue weighted by atomic mass is 16.5. The van der Waals surface area contributed by atoms with Gasteiger partial charge in [-0.2, -0.15) is 0 Å². The molecule has 0 bridgehead atoms. The first-order valence-corrected chi connectivity index (χ1v) is 12.0. The van der Waals surface area contributed by atoms with Crippen molar-refractivity contribution in [2.75, 3.05) is 0 Å². The van der Waals surface area contributed by atoms with Crippen molar-refractivity contribution in [3.8, 4) is 11.5 Å². The quantitative estimate of drug-likeness (QED) is 0.694. The van der Waals surface area contributed by atoms with Gasteiger partial charge < -0.3 is 14.8 Å². The van der Waals surface area contributed by atoms with Crippen LogP contribution in [-0.4, -0.2) is 17.6 Å². The maximum atomic E-state index is 13.1. The van der Waals surface area contributed by atoms with Gasteiger partial charge in [-0.3, -0.25) is 4.79 Å². The van der Waals surface area contributed by atoms with Crippen LogP contribution >= 0.6 is 0 Å². The van der Waals surface area contributed by atoms with Gasteiger partial charge in [0.15, 0.2) is 6.10 Å². The maximum absolute atomic E-state index is 13.1. The second-order valence-corrected chi connectivity index (χ2v) is 9.55. The predicted molar refractivity (Wildman–Crippen MR) is 122 cm³/mol. The summed E-state index contributed by atoms with van der Waals surface area (Å²) in [6, 6.07) is 14.4. The average molecular weight is 420 g/mol. The topological polar surface area (TPSA) is 47.6 Å². The third-order valence-electron chi connectivity index (χ3n) is 7.28. The van der Waals surface area contributed by atoms with E-state index in [0.717, 1.165) is 49.2 Å². The van der Waals surface area contributed by atoms with E-state index in [9.17, 15) is 4.79 Å². The first-order valence-electron chi connectivity index (χ1n) is 12.0. The largest absolute Gasteiger partial charge is 0.487 e. The van der Waals surface area contributed by atoms with Crippen LogP contribution in [0.2, 0.25) is 0 Å². The van der Waals surface area contributed by atoms with Crippen LogP contribution in [0.4, 0.5) is 0 Å². The van der Waals surface area contributed by atoms with Gasteiger partial charge in [-0.25, -0.2) is 0 Å². The number of aryl methyl sites for hydroxylation is 2. The number of carbonyl (C=O) groups excluding carboxylic acids is 1. The Hall–Kier alpha value is -2.49. The summed E-state index contributed by atoms with van der Waals surface area (Å²) in [4.78, 5) is 13.1. The lowest BCUT2D eigenvalue weighted by Crippen LogP contribution is -2.48. The minimum absolute atomic E-state index is 0.0369. The lowest BCUT2D eigenvalue weighted by atomic mass is 9.77. The molecule has 1 saturated carbocycles. The lowest BCUT2D eigenvalue weighted by molar-refractivity contribution is -0.128. The average Bonchev–Trinajstić information content (AvgIpc) is 2.79. The normalized spacial score (nSPS) is 22.5. The monoisotopic (exact) mass is 419 g/mol. The van der Waals surface area contributed by atoms with Crippen molar-refractivity contribution >= 4 is 5.91 Å². The summed E-state index contributed by atoms with van der Waals surface area (Å²) in [6.45, 7) is 1.84. The summed E-state index contributed by atoms with van der Waals surface area (Å²) in [7, 11) is 0. The summed E-state index contributed by atoms with van der Waals surface area (Å²) in [6.07, 6.45) is 10.8. The van der Waals surface area contributed by atoms with E-state index < -0.39 is 6.10 Å². The molecule has 1 fully saturated rings. The van der Waals surface area contributed by atoms with Gasteiger partial charge in [0.1, 0.15) is 17.1 Å². The van der Waals surface area contributed by atoms with Crippen molar-refractivity contribution in [3.05, 3.63) is 59.2 Å². The smallest absolute Gasteiger partial charge is 0.261 e. The molecule has 4 nitrogen and oxygen atoms in total. The molecule has 2 unspecified atom stereocenters.